The van der Waals surface area contributed by atoms with Gasteiger partial charge < -0.3 is 19.8 Å². The van der Waals surface area contributed by atoms with Crippen LogP contribution in [0.3, 0.4) is 0 Å². The van der Waals surface area contributed by atoms with Crippen molar-refractivity contribution < 1.29 is 19.5 Å². The van der Waals surface area contributed by atoms with Crippen LogP contribution in [0.2, 0.25) is 0 Å². The van der Waals surface area contributed by atoms with Gasteiger partial charge in [0.15, 0.2) is 0 Å². The monoisotopic (exact) mass is 495 g/mol. The minimum Gasteiger partial charge on any atom is -0.394 e. The van der Waals surface area contributed by atoms with Crippen molar-refractivity contribution in [2.45, 2.75) is 48.4 Å². The molecule has 2 fully saturated rings. The molecular weight excluding hydrogens is 462 g/mol. The fourth-order valence-electron chi connectivity index (χ4n) is 6.38. The Morgan fingerprint density at radius 3 is 2.43 bits per heavy atom. The first kappa shape index (κ1) is 24.1. The third-order valence-corrected chi connectivity index (χ3v) is 9.87. The molecule has 2 saturated heterocycles. The van der Waals surface area contributed by atoms with Gasteiger partial charge in [-0.3, -0.25) is 14.4 Å². The van der Waals surface area contributed by atoms with Gasteiger partial charge in [-0.15, -0.1) is 11.8 Å². The van der Waals surface area contributed by atoms with Crippen LogP contribution in [0.25, 0.3) is 0 Å². The smallest absolute Gasteiger partial charge is 0.247 e. The summed E-state index contributed by atoms with van der Waals surface area (Å²) < 4.78 is -1.48. The maximum atomic E-state index is 14.3. The lowest BCUT2D eigenvalue weighted by Crippen LogP contribution is -2.56. The summed E-state index contributed by atoms with van der Waals surface area (Å²) in [6.45, 7) is 5.08. The molecule has 0 bridgehead atoms. The molecule has 1 spiro atoms. The highest BCUT2D eigenvalue weighted by molar-refractivity contribution is 8.02. The Morgan fingerprint density at radius 1 is 1.03 bits per heavy atom. The fraction of sp³-hybridized carbons (Fsp3) is 0.519. The van der Waals surface area contributed by atoms with E-state index in [1.807, 2.05) is 62.4 Å². The highest BCUT2D eigenvalue weighted by Gasteiger charge is 2.74. The molecule has 35 heavy (non-hydrogen) atoms. The molecule has 1 unspecified atom stereocenters. The van der Waals surface area contributed by atoms with E-state index in [0.717, 1.165) is 5.56 Å². The second-order valence-corrected chi connectivity index (χ2v) is 12.0. The van der Waals surface area contributed by atoms with Crippen molar-refractivity contribution >= 4 is 29.5 Å². The van der Waals surface area contributed by atoms with Crippen LogP contribution in [0, 0.1) is 11.8 Å². The van der Waals surface area contributed by atoms with Gasteiger partial charge in [-0.1, -0.05) is 61.6 Å². The zero-order valence-corrected chi connectivity index (χ0v) is 21.3. The number of carbonyl (C=O) groups is 3. The Kier molecular flexibility index (Phi) is 6.08. The average molecular weight is 496 g/mol. The van der Waals surface area contributed by atoms with Crippen molar-refractivity contribution in [2.24, 2.45) is 11.8 Å². The number of thioether (sulfide) groups is 1. The van der Waals surface area contributed by atoms with E-state index in [9.17, 15) is 19.5 Å². The highest BCUT2D eigenvalue weighted by Crippen LogP contribution is 2.65. The maximum absolute atomic E-state index is 14.3. The molecule has 3 amide bonds. The van der Waals surface area contributed by atoms with Gasteiger partial charge in [-0.2, -0.15) is 0 Å². The van der Waals surface area contributed by atoms with Gasteiger partial charge in [-0.05, 0) is 18.9 Å². The van der Waals surface area contributed by atoms with Gasteiger partial charge in [0.1, 0.15) is 6.04 Å². The third-order valence-electron chi connectivity index (χ3n) is 8.07. The summed E-state index contributed by atoms with van der Waals surface area (Å²) in [5.74, 6) is -1.64. The van der Waals surface area contributed by atoms with Crippen molar-refractivity contribution in [3.8, 4) is 0 Å². The van der Waals surface area contributed by atoms with Crippen LogP contribution in [-0.2, 0) is 20.9 Å². The maximum Gasteiger partial charge on any atom is 0.247 e. The lowest BCUT2D eigenvalue weighted by molar-refractivity contribution is -0.147. The molecule has 6 atom stereocenters. The number of fused-ring (bicyclic) bond motifs is 2. The predicted molar refractivity (Wildman–Crippen MR) is 135 cm³/mol. The van der Waals surface area contributed by atoms with E-state index in [-0.39, 0.29) is 24.3 Å². The summed E-state index contributed by atoms with van der Waals surface area (Å²) >= 11 is 1.58. The van der Waals surface area contributed by atoms with Crippen LogP contribution in [0.1, 0.15) is 25.8 Å². The molecule has 0 aromatic heterocycles. The van der Waals surface area contributed by atoms with Crippen molar-refractivity contribution in [2.75, 3.05) is 26.7 Å². The summed E-state index contributed by atoms with van der Waals surface area (Å²) in [7, 11) is 1.76. The van der Waals surface area contributed by atoms with Crippen LogP contribution in [-0.4, -0.2) is 85.8 Å². The van der Waals surface area contributed by atoms with Gasteiger partial charge >= 0.3 is 0 Å². The van der Waals surface area contributed by atoms with Crippen LogP contribution in [0.5, 0.6) is 0 Å². The van der Waals surface area contributed by atoms with E-state index < -0.39 is 33.4 Å². The fourth-order valence-corrected chi connectivity index (χ4v) is 8.53. The van der Waals surface area contributed by atoms with E-state index in [4.69, 9.17) is 0 Å². The summed E-state index contributed by atoms with van der Waals surface area (Å²) in [4.78, 5) is 47.2. The number of hydrogen-bond donors (Lipinski definition) is 1. The summed E-state index contributed by atoms with van der Waals surface area (Å²) in [6.07, 6.45) is 8.59. The number of aliphatic hydroxyl groups is 1. The molecule has 4 heterocycles. The van der Waals surface area contributed by atoms with E-state index in [1.54, 1.807) is 33.5 Å². The largest absolute Gasteiger partial charge is 0.394 e. The molecule has 5 rings (SSSR count). The summed E-state index contributed by atoms with van der Waals surface area (Å²) in [5.41, 5.74) is 1.02. The summed E-state index contributed by atoms with van der Waals surface area (Å²) in [5, 5.41) is 10.2. The topological polar surface area (TPSA) is 81.2 Å². The first-order valence-corrected chi connectivity index (χ1v) is 13.2. The Balaban J connectivity index is 1.63. The first-order valence-electron chi connectivity index (χ1n) is 12.3. The molecule has 0 aliphatic carbocycles. The van der Waals surface area contributed by atoms with Gasteiger partial charge in [0.05, 0.1) is 29.2 Å². The minimum absolute atomic E-state index is 0.0656. The van der Waals surface area contributed by atoms with Crippen molar-refractivity contribution in [1.29, 1.82) is 0 Å². The predicted octanol–water partition coefficient (Wildman–Crippen LogP) is 2.07. The SMILES string of the molecule is CC[C@@H](CO)N1C(=O)[C@@H]2[C@@H]3C(=O)N(C)CC=C[C@]3(C)S[C@@]23C=CCN(Cc2ccccc2)C(=O)C13. The number of aliphatic hydroxyl groups excluding tert-OH is 1. The van der Waals surface area contributed by atoms with Gasteiger partial charge in [0, 0.05) is 31.4 Å². The number of carbonyl (C=O) groups excluding carboxylic acids is 3. The number of nitrogens with zero attached hydrogens (tertiary/aromatic N) is 3. The first-order chi connectivity index (χ1) is 16.8. The van der Waals surface area contributed by atoms with E-state index in [2.05, 4.69) is 6.08 Å². The highest BCUT2D eigenvalue weighted by atomic mass is 32.2. The van der Waals surface area contributed by atoms with E-state index >= 15 is 0 Å². The van der Waals surface area contributed by atoms with Crippen LogP contribution in [0.4, 0.5) is 0 Å². The molecule has 4 aliphatic heterocycles. The van der Waals surface area contributed by atoms with Gasteiger partial charge in [-0.25, -0.2) is 0 Å². The number of likely N-dealkylation sites (N-methyl/N-ethyl adjacent to an activating group) is 1. The molecular formula is C27H33N3O4S. The minimum atomic E-state index is -0.875. The summed E-state index contributed by atoms with van der Waals surface area (Å²) in [6, 6.07) is 8.56. The number of benzene rings is 1. The molecule has 7 nitrogen and oxygen atoms in total. The Hall–Kier alpha value is -2.58. The van der Waals surface area contributed by atoms with Crippen molar-refractivity contribution in [1.82, 2.24) is 14.7 Å². The molecule has 1 aromatic carbocycles. The second-order valence-electron chi connectivity index (χ2n) is 10.2. The van der Waals surface area contributed by atoms with E-state index in [0.29, 0.717) is 26.1 Å². The quantitative estimate of drug-likeness (QED) is 0.633. The molecule has 0 radical (unpaired) electrons. The van der Waals surface area contributed by atoms with Gasteiger partial charge in [0.2, 0.25) is 17.7 Å². The average Bonchev–Trinajstić information content (AvgIpc) is 3.13. The van der Waals surface area contributed by atoms with E-state index in [1.165, 1.54) is 0 Å². The Labute approximate surface area is 210 Å². The van der Waals surface area contributed by atoms with Crippen LogP contribution < -0.4 is 0 Å². The molecule has 186 valence electrons. The molecule has 1 N–H and O–H groups in total. The number of amides is 3. The molecule has 0 saturated carbocycles. The van der Waals surface area contributed by atoms with Crippen molar-refractivity contribution in [3.63, 3.8) is 0 Å². The molecule has 4 aliphatic rings. The standard InChI is InChI=1S/C27H33N3O4S/c1-4-19(17-31)30-22-25(34)29(16-18-10-6-5-7-11-18)15-9-13-27(22)21(24(30)33)20-23(32)28(3)14-8-12-26(20,2)35-27/h5-13,19-22,31H,4,14-17H2,1-3H3/t19-,20+,21-,22?,26-,27-/m0/s1. The number of rotatable bonds is 5. The molecule has 1 aromatic rings. The number of likely N-dealkylation sites (tertiary alicyclic amines) is 1. The zero-order valence-electron chi connectivity index (χ0n) is 20.5. The Bertz CT molecular complexity index is 1090. The third kappa shape index (κ3) is 3.56. The lowest BCUT2D eigenvalue weighted by atomic mass is 9.74. The Morgan fingerprint density at radius 2 is 1.74 bits per heavy atom. The van der Waals surface area contributed by atoms with Crippen molar-refractivity contribution in [3.05, 3.63) is 60.2 Å². The lowest BCUT2D eigenvalue weighted by Gasteiger charge is -2.39. The second kappa shape index (κ2) is 8.82. The zero-order chi connectivity index (χ0) is 25.0. The van der Waals surface area contributed by atoms with Crippen LogP contribution in [0.15, 0.2) is 54.6 Å². The number of hydrogen-bond acceptors (Lipinski definition) is 5. The van der Waals surface area contributed by atoms with Gasteiger partial charge in [0.25, 0.3) is 0 Å². The molecule has 8 heteroatoms. The normalized spacial score (nSPS) is 35.0. The van der Waals surface area contributed by atoms with Crippen LogP contribution >= 0.6 is 11.8 Å².